The zero-order valence-electron chi connectivity index (χ0n) is 12.8. The van der Waals surface area contributed by atoms with Gasteiger partial charge >= 0.3 is 0 Å². The monoisotopic (exact) mass is 344 g/mol. The molecule has 22 heavy (non-hydrogen) atoms. The lowest BCUT2D eigenvalue weighted by Gasteiger charge is -2.30. The van der Waals surface area contributed by atoms with Crippen molar-refractivity contribution in [3.8, 4) is 0 Å². The predicted octanol–water partition coefficient (Wildman–Crippen LogP) is 2.18. The zero-order chi connectivity index (χ0) is 16.3. The number of likely N-dealkylation sites (N-methyl/N-ethyl adjacent to an activating group) is 1. The lowest BCUT2D eigenvalue weighted by molar-refractivity contribution is -0.133. The van der Waals surface area contributed by atoms with E-state index in [0.29, 0.717) is 18.0 Å². The van der Waals surface area contributed by atoms with E-state index in [4.69, 9.17) is 11.6 Å². The van der Waals surface area contributed by atoms with Crippen LogP contribution in [0.1, 0.15) is 20.3 Å². The highest BCUT2D eigenvalue weighted by atomic mass is 35.5. The Morgan fingerprint density at radius 3 is 2.55 bits per heavy atom. The molecule has 0 aliphatic carbocycles. The van der Waals surface area contributed by atoms with Gasteiger partial charge < -0.3 is 10.2 Å². The van der Waals surface area contributed by atoms with Crippen LogP contribution in [0.3, 0.4) is 0 Å². The molecule has 0 spiro atoms. The second-order valence-corrected chi connectivity index (χ2v) is 8.22. The molecule has 1 aliphatic rings. The van der Waals surface area contributed by atoms with Gasteiger partial charge in [0, 0.05) is 23.3 Å². The first-order chi connectivity index (χ1) is 10.3. The summed E-state index contributed by atoms with van der Waals surface area (Å²) in [4.78, 5) is 14.3. The Morgan fingerprint density at radius 1 is 1.41 bits per heavy atom. The Labute approximate surface area is 136 Å². The number of rotatable bonds is 5. The lowest BCUT2D eigenvalue weighted by Crippen LogP contribution is -2.47. The van der Waals surface area contributed by atoms with Gasteiger partial charge in [-0.25, -0.2) is 8.42 Å². The molecule has 1 heterocycles. The van der Waals surface area contributed by atoms with E-state index in [9.17, 15) is 13.2 Å². The molecule has 0 saturated carbocycles. The predicted molar refractivity (Wildman–Crippen MR) is 89.0 cm³/mol. The van der Waals surface area contributed by atoms with Crippen LogP contribution in [0.5, 0.6) is 0 Å². The fourth-order valence-electron chi connectivity index (χ4n) is 2.72. The van der Waals surface area contributed by atoms with E-state index in [-0.39, 0.29) is 23.5 Å². The number of hydrogen-bond acceptors (Lipinski definition) is 4. The van der Waals surface area contributed by atoms with E-state index in [1.54, 1.807) is 24.0 Å². The number of anilines is 1. The van der Waals surface area contributed by atoms with E-state index in [2.05, 4.69) is 5.32 Å². The lowest BCUT2D eigenvalue weighted by atomic mass is 10.1. The quantitative estimate of drug-likeness (QED) is 0.889. The molecule has 0 unspecified atom stereocenters. The Kier molecular flexibility index (Phi) is 5.34. The summed E-state index contributed by atoms with van der Waals surface area (Å²) in [7, 11) is -3.00. The molecule has 1 fully saturated rings. The second-order valence-electron chi connectivity index (χ2n) is 5.55. The van der Waals surface area contributed by atoms with Gasteiger partial charge in [-0.3, -0.25) is 4.79 Å². The van der Waals surface area contributed by atoms with E-state index in [1.807, 2.05) is 19.1 Å². The summed E-state index contributed by atoms with van der Waals surface area (Å²) in [5.74, 6) is 0.153. The van der Waals surface area contributed by atoms with Crippen molar-refractivity contribution in [2.24, 2.45) is 0 Å². The van der Waals surface area contributed by atoms with Gasteiger partial charge in [-0.1, -0.05) is 11.6 Å². The van der Waals surface area contributed by atoms with Gasteiger partial charge in [0.05, 0.1) is 11.5 Å². The van der Waals surface area contributed by atoms with Crippen molar-refractivity contribution in [2.75, 3.05) is 23.4 Å². The van der Waals surface area contributed by atoms with Crippen LogP contribution in [-0.2, 0) is 14.6 Å². The zero-order valence-corrected chi connectivity index (χ0v) is 14.3. The van der Waals surface area contributed by atoms with E-state index < -0.39 is 15.9 Å². The molecule has 1 N–H and O–H groups in total. The summed E-state index contributed by atoms with van der Waals surface area (Å²) in [6.07, 6.45) is 0.523. The molecule has 1 saturated heterocycles. The highest BCUT2D eigenvalue weighted by Crippen LogP contribution is 2.20. The fourth-order valence-corrected chi connectivity index (χ4v) is 4.58. The third-order valence-corrected chi connectivity index (χ3v) is 5.87. The number of carbonyl (C=O) groups is 1. The number of benzene rings is 1. The standard InChI is InChI=1S/C15H21ClN2O3S/c1-3-18(14-8-9-22(20,21)10-14)15(19)11(2)17-13-6-4-12(16)5-7-13/h4-7,11,14,17H,3,8-10H2,1-2H3/t11-,14-/m0/s1. The first kappa shape index (κ1) is 17.1. The number of hydrogen-bond donors (Lipinski definition) is 1. The van der Waals surface area contributed by atoms with Crippen LogP contribution in [0.2, 0.25) is 5.02 Å². The molecule has 2 atom stereocenters. The van der Waals surface area contributed by atoms with Crippen molar-refractivity contribution < 1.29 is 13.2 Å². The van der Waals surface area contributed by atoms with Crippen LogP contribution in [0.25, 0.3) is 0 Å². The number of nitrogens with zero attached hydrogens (tertiary/aromatic N) is 1. The van der Waals surface area contributed by atoms with Gasteiger partial charge in [-0.05, 0) is 44.5 Å². The largest absolute Gasteiger partial charge is 0.374 e. The summed E-state index contributed by atoms with van der Waals surface area (Å²) in [5.41, 5.74) is 0.806. The van der Waals surface area contributed by atoms with Gasteiger partial charge in [0.25, 0.3) is 0 Å². The van der Waals surface area contributed by atoms with Crippen molar-refractivity contribution in [1.29, 1.82) is 0 Å². The van der Waals surface area contributed by atoms with E-state index in [1.165, 1.54) is 0 Å². The second kappa shape index (κ2) is 6.87. The number of nitrogens with one attached hydrogen (secondary N) is 1. The van der Waals surface area contributed by atoms with Gasteiger partial charge in [-0.2, -0.15) is 0 Å². The maximum absolute atomic E-state index is 12.6. The summed E-state index contributed by atoms with van der Waals surface area (Å²) in [5, 5.41) is 3.76. The summed E-state index contributed by atoms with van der Waals surface area (Å²) in [6, 6.07) is 6.48. The molecule has 1 aromatic carbocycles. The molecule has 7 heteroatoms. The Bertz CT molecular complexity index is 631. The molecule has 5 nitrogen and oxygen atoms in total. The number of sulfone groups is 1. The molecule has 0 bridgehead atoms. The molecule has 0 aromatic heterocycles. The molecule has 1 aliphatic heterocycles. The van der Waals surface area contributed by atoms with Crippen molar-refractivity contribution in [1.82, 2.24) is 4.90 Å². The van der Waals surface area contributed by atoms with Gasteiger partial charge in [0.15, 0.2) is 9.84 Å². The highest BCUT2D eigenvalue weighted by Gasteiger charge is 2.35. The number of carbonyl (C=O) groups excluding carboxylic acids is 1. The molecule has 1 amide bonds. The smallest absolute Gasteiger partial charge is 0.245 e. The number of halogens is 1. The van der Waals surface area contributed by atoms with E-state index in [0.717, 1.165) is 5.69 Å². The van der Waals surface area contributed by atoms with Crippen LogP contribution < -0.4 is 5.32 Å². The molecule has 122 valence electrons. The van der Waals surface area contributed by atoms with Gasteiger partial charge in [-0.15, -0.1) is 0 Å². The van der Waals surface area contributed by atoms with Crippen LogP contribution in [0.15, 0.2) is 24.3 Å². The molecule has 0 radical (unpaired) electrons. The fraction of sp³-hybridized carbons (Fsp3) is 0.533. The summed E-state index contributed by atoms with van der Waals surface area (Å²) in [6.45, 7) is 4.16. The maximum Gasteiger partial charge on any atom is 0.245 e. The molecular formula is C15H21ClN2O3S. The Hall–Kier alpha value is -1.27. The maximum atomic E-state index is 12.6. The average Bonchev–Trinajstić information content (AvgIpc) is 2.82. The van der Waals surface area contributed by atoms with Gasteiger partial charge in [0.2, 0.25) is 5.91 Å². The van der Waals surface area contributed by atoms with Crippen molar-refractivity contribution in [3.05, 3.63) is 29.3 Å². The Morgan fingerprint density at radius 2 is 2.05 bits per heavy atom. The highest BCUT2D eigenvalue weighted by molar-refractivity contribution is 7.91. The van der Waals surface area contributed by atoms with Crippen LogP contribution in [0, 0.1) is 0 Å². The number of amides is 1. The molecule has 2 rings (SSSR count). The minimum absolute atomic E-state index is 0.0697. The normalized spacial score (nSPS) is 21.3. The topological polar surface area (TPSA) is 66.5 Å². The molecular weight excluding hydrogens is 324 g/mol. The first-order valence-corrected chi connectivity index (χ1v) is 9.55. The van der Waals surface area contributed by atoms with Crippen molar-refractivity contribution >= 4 is 33.0 Å². The molecule has 1 aromatic rings. The minimum atomic E-state index is -3.00. The van der Waals surface area contributed by atoms with Crippen LogP contribution >= 0.6 is 11.6 Å². The third-order valence-electron chi connectivity index (χ3n) is 3.87. The van der Waals surface area contributed by atoms with Crippen LogP contribution in [0.4, 0.5) is 5.69 Å². The summed E-state index contributed by atoms with van der Waals surface area (Å²) >= 11 is 5.84. The average molecular weight is 345 g/mol. The van der Waals surface area contributed by atoms with Crippen molar-refractivity contribution in [2.45, 2.75) is 32.4 Å². The van der Waals surface area contributed by atoms with Gasteiger partial charge in [0.1, 0.15) is 6.04 Å². The minimum Gasteiger partial charge on any atom is -0.374 e. The SMILES string of the molecule is CCN(C(=O)[C@H](C)Nc1ccc(Cl)cc1)[C@H]1CCS(=O)(=O)C1. The first-order valence-electron chi connectivity index (χ1n) is 7.35. The van der Waals surface area contributed by atoms with E-state index >= 15 is 0 Å². The summed E-state index contributed by atoms with van der Waals surface area (Å²) < 4.78 is 23.2. The Balaban J connectivity index is 2.03. The van der Waals surface area contributed by atoms with Crippen molar-refractivity contribution in [3.63, 3.8) is 0 Å². The third kappa shape index (κ3) is 4.14. The van der Waals surface area contributed by atoms with Crippen LogP contribution in [-0.4, -0.2) is 49.4 Å².